The molecule has 1 aromatic carbocycles. The van der Waals surface area contributed by atoms with Gasteiger partial charge in [-0.25, -0.2) is 4.68 Å². The second-order valence-electron chi connectivity index (χ2n) is 7.70. The summed E-state index contributed by atoms with van der Waals surface area (Å²) in [6.07, 6.45) is 5.37. The summed E-state index contributed by atoms with van der Waals surface area (Å²) in [4.78, 5) is 17.8. The van der Waals surface area contributed by atoms with Gasteiger partial charge < -0.3 is 4.90 Å². The van der Waals surface area contributed by atoms with Crippen LogP contribution in [-0.2, 0) is 0 Å². The molecule has 6 heteroatoms. The van der Waals surface area contributed by atoms with E-state index in [1.165, 1.54) is 25.7 Å². The molecule has 2 fully saturated rings. The fourth-order valence-electron chi connectivity index (χ4n) is 4.50. The highest BCUT2D eigenvalue weighted by Crippen LogP contribution is 2.26. The maximum atomic E-state index is 13.2. The van der Waals surface area contributed by atoms with Crippen molar-refractivity contribution in [3.05, 3.63) is 45.7 Å². The minimum atomic E-state index is 0.124. The standard InChI is InChI=1S/C21H27BrN4O/c1-15-20(16(2)26(23-15)19-9-7-17(22)8-10-19)21(27)25-13-11-24(12-14-25)18-5-3-4-6-18/h7-10,18H,3-6,11-14H2,1-2H3. The first-order chi connectivity index (χ1) is 13.0. The molecule has 0 spiro atoms. The highest BCUT2D eigenvalue weighted by Gasteiger charge is 2.30. The normalized spacial score (nSPS) is 19.0. The van der Waals surface area contributed by atoms with Crippen molar-refractivity contribution in [2.24, 2.45) is 0 Å². The number of hydrogen-bond donors (Lipinski definition) is 0. The number of hydrogen-bond acceptors (Lipinski definition) is 3. The quantitative estimate of drug-likeness (QED) is 0.739. The monoisotopic (exact) mass is 430 g/mol. The Labute approximate surface area is 169 Å². The molecule has 144 valence electrons. The Hall–Kier alpha value is -1.66. The number of aryl methyl sites for hydroxylation is 1. The number of aromatic nitrogens is 2. The second-order valence-corrected chi connectivity index (χ2v) is 8.62. The van der Waals surface area contributed by atoms with Gasteiger partial charge in [-0.1, -0.05) is 28.8 Å². The van der Waals surface area contributed by atoms with Gasteiger partial charge in [-0.05, 0) is 51.0 Å². The maximum absolute atomic E-state index is 13.2. The lowest BCUT2D eigenvalue weighted by Gasteiger charge is -2.38. The van der Waals surface area contributed by atoms with E-state index in [9.17, 15) is 4.79 Å². The zero-order valence-electron chi connectivity index (χ0n) is 16.1. The summed E-state index contributed by atoms with van der Waals surface area (Å²) in [6, 6.07) is 8.76. The van der Waals surface area contributed by atoms with Crippen molar-refractivity contribution in [3.8, 4) is 5.69 Å². The summed E-state index contributed by atoms with van der Waals surface area (Å²) in [5.74, 6) is 0.124. The molecule has 0 atom stereocenters. The van der Waals surface area contributed by atoms with Crippen LogP contribution < -0.4 is 0 Å². The predicted octanol–water partition coefficient (Wildman–Crippen LogP) is 3.95. The lowest BCUT2D eigenvalue weighted by atomic mass is 10.1. The van der Waals surface area contributed by atoms with Crippen LogP contribution in [0.2, 0.25) is 0 Å². The molecule has 0 unspecified atom stereocenters. The first kappa shape index (κ1) is 18.7. The Kier molecular flexibility index (Phi) is 5.37. The number of rotatable bonds is 3. The van der Waals surface area contributed by atoms with E-state index in [-0.39, 0.29) is 5.91 Å². The van der Waals surface area contributed by atoms with E-state index in [1.807, 2.05) is 47.7 Å². The summed E-state index contributed by atoms with van der Waals surface area (Å²) >= 11 is 3.47. The number of benzene rings is 1. The number of nitrogens with zero attached hydrogens (tertiary/aromatic N) is 4. The van der Waals surface area contributed by atoms with Crippen LogP contribution >= 0.6 is 15.9 Å². The Balaban J connectivity index is 1.50. The fraction of sp³-hybridized carbons (Fsp3) is 0.524. The van der Waals surface area contributed by atoms with Crippen molar-refractivity contribution < 1.29 is 4.79 Å². The van der Waals surface area contributed by atoms with Crippen molar-refractivity contribution in [2.75, 3.05) is 26.2 Å². The van der Waals surface area contributed by atoms with Crippen LogP contribution in [0.3, 0.4) is 0 Å². The molecular weight excluding hydrogens is 404 g/mol. The molecule has 27 heavy (non-hydrogen) atoms. The lowest BCUT2D eigenvalue weighted by Crippen LogP contribution is -2.51. The zero-order chi connectivity index (χ0) is 19.0. The summed E-state index contributed by atoms with van der Waals surface area (Å²) < 4.78 is 2.91. The van der Waals surface area contributed by atoms with Gasteiger partial charge in [-0.2, -0.15) is 5.10 Å². The zero-order valence-corrected chi connectivity index (χ0v) is 17.7. The van der Waals surface area contributed by atoms with Gasteiger partial charge in [0.15, 0.2) is 0 Å². The average molecular weight is 431 g/mol. The first-order valence-electron chi connectivity index (χ1n) is 9.90. The van der Waals surface area contributed by atoms with Crippen LogP contribution in [0.25, 0.3) is 5.69 Å². The number of carbonyl (C=O) groups excluding carboxylic acids is 1. The Morgan fingerprint density at radius 2 is 1.67 bits per heavy atom. The summed E-state index contributed by atoms with van der Waals surface area (Å²) in [5, 5.41) is 4.65. The van der Waals surface area contributed by atoms with E-state index in [2.05, 4.69) is 25.9 Å². The minimum Gasteiger partial charge on any atom is -0.336 e. The molecule has 0 bridgehead atoms. The number of carbonyl (C=O) groups is 1. The molecule has 2 aliphatic rings. The minimum absolute atomic E-state index is 0.124. The maximum Gasteiger partial charge on any atom is 0.257 e. The molecular formula is C21H27BrN4O. The number of halogens is 1. The molecule has 2 aromatic rings. The molecule has 1 aliphatic heterocycles. The van der Waals surface area contributed by atoms with Crippen LogP contribution in [0.4, 0.5) is 0 Å². The fourth-order valence-corrected chi connectivity index (χ4v) is 4.77. The molecule has 2 heterocycles. The van der Waals surface area contributed by atoms with E-state index >= 15 is 0 Å². The van der Waals surface area contributed by atoms with Gasteiger partial charge in [0, 0.05) is 36.7 Å². The van der Waals surface area contributed by atoms with E-state index in [1.54, 1.807) is 0 Å². The molecule has 5 nitrogen and oxygen atoms in total. The van der Waals surface area contributed by atoms with Crippen LogP contribution in [0.5, 0.6) is 0 Å². The lowest BCUT2D eigenvalue weighted by molar-refractivity contribution is 0.0572. The third-order valence-electron chi connectivity index (χ3n) is 6.02. The van der Waals surface area contributed by atoms with E-state index < -0.39 is 0 Å². The average Bonchev–Trinajstić information content (AvgIpc) is 3.31. The van der Waals surface area contributed by atoms with E-state index in [4.69, 9.17) is 0 Å². The Morgan fingerprint density at radius 1 is 1.04 bits per heavy atom. The van der Waals surface area contributed by atoms with Gasteiger partial charge in [-0.15, -0.1) is 0 Å². The number of piperazine rings is 1. The Morgan fingerprint density at radius 3 is 2.30 bits per heavy atom. The molecule has 1 saturated carbocycles. The van der Waals surface area contributed by atoms with Gasteiger partial charge in [0.25, 0.3) is 5.91 Å². The molecule has 0 N–H and O–H groups in total. The topological polar surface area (TPSA) is 41.4 Å². The van der Waals surface area contributed by atoms with Gasteiger partial charge >= 0.3 is 0 Å². The van der Waals surface area contributed by atoms with Crippen molar-refractivity contribution in [1.29, 1.82) is 0 Å². The third-order valence-corrected chi connectivity index (χ3v) is 6.55. The highest BCUT2D eigenvalue weighted by molar-refractivity contribution is 9.10. The van der Waals surface area contributed by atoms with Crippen LogP contribution in [-0.4, -0.2) is 57.7 Å². The van der Waals surface area contributed by atoms with Crippen molar-refractivity contribution in [3.63, 3.8) is 0 Å². The molecule has 1 aliphatic carbocycles. The van der Waals surface area contributed by atoms with Gasteiger partial charge in [0.2, 0.25) is 0 Å². The molecule has 4 rings (SSSR count). The summed E-state index contributed by atoms with van der Waals surface area (Å²) in [6.45, 7) is 7.55. The third kappa shape index (κ3) is 3.69. The van der Waals surface area contributed by atoms with E-state index in [0.29, 0.717) is 0 Å². The van der Waals surface area contributed by atoms with Gasteiger partial charge in [0.1, 0.15) is 0 Å². The molecule has 1 aromatic heterocycles. The molecule has 1 saturated heterocycles. The van der Waals surface area contributed by atoms with Crippen LogP contribution in [0, 0.1) is 13.8 Å². The van der Waals surface area contributed by atoms with Crippen LogP contribution in [0.1, 0.15) is 47.4 Å². The van der Waals surface area contributed by atoms with Gasteiger partial charge in [-0.3, -0.25) is 9.69 Å². The summed E-state index contributed by atoms with van der Waals surface area (Å²) in [5.41, 5.74) is 3.45. The first-order valence-corrected chi connectivity index (χ1v) is 10.7. The van der Waals surface area contributed by atoms with Crippen LogP contribution in [0.15, 0.2) is 28.7 Å². The van der Waals surface area contributed by atoms with E-state index in [0.717, 1.165) is 59.3 Å². The van der Waals surface area contributed by atoms with Crippen molar-refractivity contribution >= 4 is 21.8 Å². The molecule has 0 radical (unpaired) electrons. The highest BCUT2D eigenvalue weighted by atomic mass is 79.9. The van der Waals surface area contributed by atoms with Crippen molar-refractivity contribution in [2.45, 2.75) is 45.6 Å². The summed E-state index contributed by atoms with van der Waals surface area (Å²) in [7, 11) is 0. The van der Waals surface area contributed by atoms with Gasteiger partial charge in [0.05, 0.1) is 22.6 Å². The molecule has 1 amide bonds. The van der Waals surface area contributed by atoms with Crippen molar-refractivity contribution in [1.82, 2.24) is 19.6 Å². The second kappa shape index (κ2) is 7.76. The SMILES string of the molecule is Cc1nn(-c2ccc(Br)cc2)c(C)c1C(=O)N1CCN(C2CCCC2)CC1. The largest absolute Gasteiger partial charge is 0.336 e. The smallest absolute Gasteiger partial charge is 0.257 e. The Bertz CT molecular complexity index is 815. The number of amides is 1. The predicted molar refractivity (Wildman–Crippen MR) is 110 cm³/mol.